The molecule has 3 fully saturated rings. The highest BCUT2D eigenvalue weighted by molar-refractivity contribution is 4.91. The standard InChI is InChI=1S/C14H26N2O/c1-3-12(9-15-7-1)10-16(13-5-6-13)14-4-2-8-17-11-14/h12-15H,1-11H2. The Balaban J connectivity index is 1.55. The molecular weight excluding hydrogens is 212 g/mol. The van der Waals surface area contributed by atoms with Gasteiger partial charge in [0.25, 0.3) is 0 Å². The summed E-state index contributed by atoms with van der Waals surface area (Å²) in [7, 11) is 0. The molecule has 3 aliphatic rings. The summed E-state index contributed by atoms with van der Waals surface area (Å²) in [5.41, 5.74) is 0. The van der Waals surface area contributed by atoms with Crippen molar-refractivity contribution in [2.24, 2.45) is 5.92 Å². The molecule has 17 heavy (non-hydrogen) atoms. The lowest BCUT2D eigenvalue weighted by Crippen LogP contribution is -2.47. The summed E-state index contributed by atoms with van der Waals surface area (Å²) in [5.74, 6) is 0.881. The first-order valence-electron chi connectivity index (χ1n) is 7.47. The minimum absolute atomic E-state index is 0.721. The molecule has 0 spiro atoms. The van der Waals surface area contributed by atoms with Crippen LogP contribution in [0.3, 0.4) is 0 Å². The van der Waals surface area contributed by atoms with Crippen LogP contribution in [0.5, 0.6) is 0 Å². The Morgan fingerprint density at radius 1 is 1.06 bits per heavy atom. The maximum absolute atomic E-state index is 5.67. The molecule has 3 rings (SSSR count). The summed E-state index contributed by atoms with van der Waals surface area (Å²) in [4.78, 5) is 2.79. The van der Waals surface area contributed by atoms with Crippen LogP contribution in [0.2, 0.25) is 0 Å². The van der Waals surface area contributed by atoms with Gasteiger partial charge in [-0.2, -0.15) is 0 Å². The number of nitrogens with one attached hydrogen (secondary N) is 1. The number of ether oxygens (including phenoxy) is 1. The predicted octanol–water partition coefficient (Wildman–Crippen LogP) is 1.63. The highest BCUT2D eigenvalue weighted by Gasteiger charge is 2.36. The van der Waals surface area contributed by atoms with E-state index in [1.165, 1.54) is 58.2 Å². The van der Waals surface area contributed by atoms with E-state index in [1.54, 1.807) is 0 Å². The van der Waals surface area contributed by atoms with Crippen LogP contribution in [0.4, 0.5) is 0 Å². The lowest BCUT2D eigenvalue weighted by molar-refractivity contribution is 0.00688. The molecule has 2 aliphatic heterocycles. The van der Waals surface area contributed by atoms with Gasteiger partial charge in [0, 0.05) is 25.2 Å². The predicted molar refractivity (Wildman–Crippen MR) is 69.2 cm³/mol. The van der Waals surface area contributed by atoms with Crippen LogP contribution in [0.25, 0.3) is 0 Å². The zero-order chi connectivity index (χ0) is 11.5. The van der Waals surface area contributed by atoms with Crippen LogP contribution in [0.1, 0.15) is 38.5 Å². The van der Waals surface area contributed by atoms with Crippen molar-refractivity contribution in [3.8, 4) is 0 Å². The molecule has 0 radical (unpaired) electrons. The first-order valence-corrected chi connectivity index (χ1v) is 7.47. The molecule has 0 aromatic heterocycles. The van der Waals surface area contributed by atoms with Crippen molar-refractivity contribution in [2.75, 3.05) is 32.8 Å². The molecule has 0 aromatic rings. The molecule has 0 aromatic carbocycles. The Labute approximate surface area is 105 Å². The largest absolute Gasteiger partial charge is 0.380 e. The summed E-state index contributed by atoms with van der Waals surface area (Å²) in [6.45, 7) is 5.74. The van der Waals surface area contributed by atoms with Crippen molar-refractivity contribution >= 4 is 0 Å². The van der Waals surface area contributed by atoms with Crippen molar-refractivity contribution in [3.05, 3.63) is 0 Å². The van der Waals surface area contributed by atoms with E-state index in [-0.39, 0.29) is 0 Å². The van der Waals surface area contributed by atoms with Crippen molar-refractivity contribution in [3.63, 3.8) is 0 Å². The van der Waals surface area contributed by atoms with E-state index in [9.17, 15) is 0 Å². The fraction of sp³-hybridized carbons (Fsp3) is 1.00. The lowest BCUT2D eigenvalue weighted by Gasteiger charge is -2.37. The maximum Gasteiger partial charge on any atom is 0.0621 e. The topological polar surface area (TPSA) is 24.5 Å². The normalized spacial score (nSPS) is 35.1. The van der Waals surface area contributed by atoms with E-state index in [2.05, 4.69) is 10.2 Å². The van der Waals surface area contributed by atoms with Gasteiger partial charge in [-0.3, -0.25) is 4.90 Å². The van der Waals surface area contributed by atoms with Crippen LogP contribution in [-0.2, 0) is 4.74 Å². The van der Waals surface area contributed by atoms with Gasteiger partial charge in [0.1, 0.15) is 0 Å². The number of nitrogens with zero attached hydrogens (tertiary/aromatic N) is 1. The van der Waals surface area contributed by atoms with E-state index in [4.69, 9.17) is 4.74 Å². The van der Waals surface area contributed by atoms with Gasteiger partial charge < -0.3 is 10.1 Å². The Morgan fingerprint density at radius 2 is 2.00 bits per heavy atom. The second-order valence-electron chi connectivity index (χ2n) is 6.01. The van der Waals surface area contributed by atoms with Gasteiger partial charge in [-0.15, -0.1) is 0 Å². The second-order valence-corrected chi connectivity index (χ2v) is 6.01. The third kappa shape index (κ3) is 3.21. The molecule has 3 heteroatoms. The third-order valence-electron chi connectivity index (χ3n) is 4.49. The van der Waals surface area contributed by atoms with Crippen molar-refractivity contribution < 1.29 is 4.74 Å². The fourth-order valence-electron chi connectivity index (χ4n) is 3.37. The Morgan fingerprint density at radius 3 is 2.65 bits per heavy atom. The van der Waals surface area contributed by atoms with Crippen LogP contribution >= 0.6 is 0 Å². The zero-order valence-corrected chi connectivity index (χ0v) is 10.9. The third-order valence-corrected chi connectivity index (χ3v) is 4.49. The van der Waals surface area contributed by atoms with Gasteiger partial charge in [-0.25, -0.2) is 0 Å². The van der Waals surface area contributed by atoms with Gasteiger partial charge >= 0.3 is 0 Å². The van der Waals surface area contributed by atoms with Crippen LogP contribution in [0.15, 0.2) is 0 Å². The molecule has 2 atom stereocenters. The molecule has 0 bridgehead atoms. The molecule has 0 amide bonds. The smallest absolute Gasteiger partial charge is 0.0621 e. The second kappa shape index (κ2) is 5.68. The highest BCUT2D eigenvalue weighted by atomic mass is 16.5. The van der Waals surface area contributed by atoms with E-state index in [0.717, 1.165) is 31.2 Å². The van der Waals surface area contributed by atoms with Gasteiger partial charge in [0.15, 0.2) is 0 Å². The Kier molecular flexibility index (Phi) is 3.99. The lowest BCUT2D eigenvalue weighted by atomic mass is 9.97. The SMILES string of the molecule is C1CNCC(CN(C2CC2)C2CCCOC2)C1. The minimum atomic E-state index is 0.721. The van der Waals surface area contributed by atoms with E-state index in [0.29, 0.717) is 0 Å². The van der Waals surface area contributed by atoms with Crippen molar-refractivity contribution in [1.29, 1.82) is 0 Å². The highest BCUT2D eigenvalue weighted by Crippen LogP contribution is 2.32. The van der Waals surface area contributed by atoms with Crippen LogP contribution in [-0.4, -0.2) is 49.8 Å². The van der Waals surface area contributed by atoms with Gasteiger partial charge in [0.2, 0.25) is 0 Å². The Bertz CT molecular complexity index is 230. The quantitative estimate of drug-likeness (QED) is 0.805. The van der Waals surface area contributed by atoms with Gasteiger partial charge in [0.05, 0.1) is 6.61 Å². The van der Waals surface area contributed by atoms with E-state index in [1.807, 2.05) is 0 Å². The van der Waals surface area contributed by atoms with Gasteiger partial charge in [-0.05, 0) is 57.5 Å². The fourth-order valence-corrected chi connectivity index (χ4v) is 3.37. The van der Waals surface area contributed by atoms with Crippen LogP contribution < -0.4 is 5.32 Å². The zero-order valence-electron chi connectivity index (χ0n) is 10.9. The van der Waals surface area contributed by atoms with E-state index < -0.39 is 0 Å². The molecule has 1 N–H and O–H groups in total. The number of hydrogen-bond donors (Lipinski definition) is 1. The average Bonchev–Trinajstić information content (AvgIpc) is 3.23. The summed E-state index contributed by atoms with van der Waals surface area (Å²) >= 11 is 0. The molecule has 2 unspecified atom stereocenters. The number of piperidine rings is 1. The average molecular weight is 238 g/mol. The first-order chi connectivity index (χ1) is 8.43. The molecule has 2 heterocycles. The van der Waals surface area contributed by atoms with Crippen LogP contribution in [0, 0.1) is 5.92 Å². The molecule has 2 saturated heterocycles. The summed E-state index contributed by atoms with van der Waals surface area (Å²) in [5, 5.41) is 3.54. The monoisotopic (exact) mass is 238 g/mol. The molecule has 1 aliphatic carbocycles. The summed E-state index contributed by atoms with van der Waals surface area (Å²) in [6.07, 6.45) is 8.26. The van der Waals surface area contributed by atoms with Crippen molar-refractivity contribution in [1.82, 2.24) is 10.2 Å². The summed E-state index contributed by atoms with van der Waals surface area (Å²) in [6, 6.07) is 1.61. The molecular formula is C14H26N2O. The Hall–Kier alpha value is -0.120. The van der Waals surface area contributed by atoms with E-state index >= 15 is 0 Å². The number of rotatable bonds is 4. The first kappa shape index (κ1) is 11.9. The molecule has 3 nitrogen and oxygen atoms in total. The minimum Gasteiger partial charge on any atom is -0.380 e. The molecule has 1 saturated carbocycles. The van der Waals surface area contributed by atoms with Crippen molar-refractivity contribution in [2.45, 2.75) is 50.6 Å². The van der Waals surface area contributed by atoms with Gasteiger partial charge in [-0.1, -0.05) is 0 Å². The molecule has 98 valence electrons. The number of hydrogen-bond acceptors (Lipinski definition) is 3. The maximum atomic E-state index is 5.67. The summed E-state index contributed by atoms with van der Waals surface area (Å²) < 4.78 is 5.67.